The number of benzene rings is 1. The largest absolute Gasteiger partial charge is 0.492 e. The first-order valence-electron chi connectivity index (χ1n) is 8.66. The first-order chi connectivity index (χ1) is 11.8. The van der Waals surface area contributed by atoms with Gasteiger partial charge in [-0.2, -0.15) is 0 Å². The topological polar surface area (TPSA) is 71.7 Å². The number of hydrogen-bond acceptors (Lipinski definition) is 4. The molecule has 1 aromatic carbocycles. The molecular formula is C20H25NO4. The molecule has 2 aromatic rings. The Balaban J connectivity index is 1.90. The molecule has 0 fully saturated rings. The number of fused-ring (bicyclic) bond motifs is 1. The minimum absolute atomic E-state index is 0.0496. The Hall–Kier alpha value is -2.27. The van der Waals surface area contributed by atoms with Gasteiger partial charge in [-0.25, -0.2) is 0 Å². The maximum absolute atomic E-state index is 12.7. The lowest BCUT2D eigenvalue weighted by Gasteiger charge is -2.31. The first-order valence-corrected chi connectivity index (χ1v) is 8.66. The molecule has 1 unspecified atom stereocenters. The summed E-state index contributed by atoms with van der Waals surface area (Å²) in [4.78, 5) is 12.7. The van der Waals surface area contributed by atoms with E-state index in [1.165, 1.54) is 0 Å². The van der Waals surface area contributed by atoms with Gasteiger partial charge in [0.2, 0.25) is 0 Å². The fraction of sp³-hybridized carbons (Fsp3) is 0.450. The molecule has 2 N–H and O–H groups in total. The summed E-state index contributed by atoms with van der Waals surface area (Å²) in [5.74, 6) is 1.26. The second kappa shape index (κ2) is 6.56. The zero-order valence-corrected chi connectivity index (χ0v) is 15.2. The van der Waals surface area contributed by atoms with Gasteiger partial charge in [0, 0.05) is 17.5 Å². The number of furan rings is 1. The molecule has 1 heterocycles. The summed E-state index contributed by atoms with van der Waals surface area (Å²) < 4.78 is 11.4. The number of rotatable bonds is 4. The molecule has 0 spiro atoms. The Bertz CT molecular complexity index is 791. The van der Waals surface area contributed by atoms with Crippen LogP contribution in [0.4, 0.5) is 5.69 Å². The van der Waals surface area contributed by atoms with E-state index < -0.39 is 6.10 Å². The monoisotopic (exact) mass is 343 g/mol. The quantitative estimate of drug-likeness (QED) is 0.871. The molecule has 0 radical (unpaired) electrons. The van der Waals surface area contributed by atoms with Crippen LogP contribution in [-0.2, 0) is 6.42 Å². The van der Waals surface area contributed by atoms with E-state index in [4.69, 9.17) is 9.15 Å². The van der Waals surface area contributed by atoms with Crippen molar-refractivity contribution in [2.45, 2.75) is 46.6 Å². The number of hydrogen-bond donors (Lipinski definition) is 2. The molecule has 1 atom stereocenters. The lowest BCUT2D eigenvalue weighted by Crippen LogP contribution is -2.24. The maximum Gasteiger partial charge on any atom is 0.291 e. The molecule has 0 aliphatic heterocycles. The van der Waals surface area contributed by atoms with Crippen LogP contribution >= 0.6 is 0 Å². The normalized spacial score (nSPS) is 18.5. The van der Waals surface area contributed by atoms with E-state index in [-0.39, 0.29) is 17.1 Å². The Kier molecular flexibility index (Phi) is 4.60. The number of carbonyl (C=O) groups excluding carboxylic acids is 1. The number of aliphatic hydroxyl groups is 1. The van der Waals surface area contributed by atoms with Crippen LogP contribution in [0.15, 0.2) is 28.7 Å². The number of ether oxygens (including phenoxy) is 1. The lowest BCUT2D eigenvalue weighted by molar-refractivity contribution is 0.0910. The predicted molar refractivity (Wildman–Crippen MR) is 96.1 cm³/mol. The summed E-state index contributed by atoms with van der Waals surface area (Å²) in [7, 11) is 0. The van der Waals surface area contributed by atoms with Gasteiger partial charge in [-0.05, 0) is 37.8 Å². The van der Waals surface area contributed by atoms with Crippen molar-refractivity contribution in [2.24, 2.45) is 5.41 Å². The van der Waals surface area contributed by atoms with Gasteiger partial charge in [0.1, 0.15) is 11.5 Å². The Labute approximate surface area is 148 Å². The van der Waals surface area contributed by atoms with E-state index in [0.29, 0.717) is 42.2 Å². The third-order valence-electron chi connectivity index (χ3n) is 4.63. The van der Waals surface area contributed by atoms with E-state index in [0.717, 1.165) is 5.56 Å². The van der Waals surface area contributed by atoms with Gasteiger partial charge in [-0.15, -0.1) is 0 Å². The van der Waals surface area contributed by atoms with Crippen LogP contribution in [-0.4, -0.2) is 17.6 Å². The molecule has 5 heteroatoms. The van der Waals surface area contributed by atoms with Crippen LogP contribution in [0.3, 0.4) is 0 Å². The summed E-state index contributed by atoms with van der Waals surface area (Å²) in [6.45, 7) is 8.42. The number of amides is 1. The van der Waals surface area contributed by atoms with Crippen molar-refractivity contribution in [1.29, 1.82) is 0 Å². The summed E-state index contributed by atoms with van der Waals surface area (Å²) in [5, 5.41) is 13.3. The molecule has 3 rings (SSSR count). The third-order valence-corrected chi connectivity index (χ3v) is 4.63. The molecule has 1 aliphatic carbocycles. The SMILES string of the molecule is CCOc1ccccc1NC(=O)c1oc2c(c1C)C(O)CC(C)(C)C2. The number of carbonyl (C=O) groups is 1. The van der Waals surface area contributed by atoms with Gasteiger partial charge in [-0.1, -0.05) is 26.0 Å². The van der Waals surface area contributed by atoms with Crippen LogP contribution in [0.2, 0.25) is 0 Å². The standard InChI is InChI=1S/C20H25NO4/c1-5-24-15-9-7-6-8-13(15)21-19(23)18-12(2)17-14(22)10-20(3,4)11-16(17)25-18/h6-9,14,22H,5,10-11H2,1-4H3,(H,21,23). The molecule has 25 heavy (non-hydrogen) atoms. The Morgan fingerprint density at radius 3 is 2.84 bits per heavy atom. The zero-order chi connectivity index (χ0) is 18.2. The second-order valence-electron chi connectivity index (χ2n) is 7.34. The molecule has 1 aliphatic rings. The lowest BCUT2D eigenvalue weighted by atomic mass is 9.75. The number of aliphatic hydroxyl groups excluding tert-OH is 1. The second-order valence-corrected chi connectivity index (χ2v) is 7.34. The molecule has 0 bridgehead atoms. The molecular weight excluding hydrogens is 318 g/mol. The van der Waals surface area contributed by atoms with Crippen molar-refractivity contribution >= 4 is 11.6 Å². The van der Waals surface area contributed by atoms with Crippen LogP contribution in [0, 0.1) is 12.3 Å². The number of para-hydroxylation sites is 2. The van der Waals surface area contributed by atoms with Crippen LogP contribution < -0.4 is 10.1 Å². The van der Waals surface area contributed by atoms with Crippen LogP contribution in [0.5, 0.6) is 5.75 Å². The van der Waals surface area contributed by atoms with E-state index in [2.05, 4.69) is 19.2 Å². The molecule has 134 valence electrons. The van der Waals surface area contributed by atoms with E-state index in [9.17, 15) is 9.90 Å². The van der Waals surface area contributed by atoms with Crippen LogP contribution in [0.25, 0.3) is 0 Å². The smallest absolute Gasteiger partial charge is 0.291 e. The minimum atomic E-state index is -0.597. The molecule has 1 aromatic heterocycles. The fourth-order valence-electron chi connectivity index (χ4n) is 3.53. The Morgan fingerprint density at radius 1 is 1.40 bits per heavy atom. The summed E-state index contributed by atoms with van der Waals surface area (Å²) in [5.41, 5.74) is 2.03. The number of anilines is 1. The van der Waals surface area contributed by atoms with Gasteiger partial charge >= 0.3 is 0 Å². The van der Waals surface area contributed by atoms with E-state index >= 15 is 0 Å². The maximum atomic E-state index is 12.7. The first kappa shape index (κ1) is 17.5. The highest BCUT2D eigenvalue weighted by molar-refractivity contribution is 6.04. The van der Waals surface area contributed by atoms with Gasteiger partial charge in [-0.3, -0.25) is 4.79 Å². The fourth-order valence-corrected chi connectivity index (χ4v) is 3.53. The highest BCUT2D eigenvalue weighted by atomic mass is 16.5. The molecule has 1 amide bonds. The van der Waals surface area contributed by atoms with Gasteiger partial charge in [0.15, 0.2) is 5.76 Å². The van der Waals surface area contributed by atoms with Gasteiger partial charge in [0.05, 0.1) is 18.4 Å². The van der Waals surface area contributed by atoms with Crippen molar-refractivity contribution in [1.82, 2.24) is 0 Å². The van der Waals surface area contributed by atoms with Gasteiger partial charge in [0.25, 0.3) is 5.91 Å². The van der Waals surface area contributed by atoms with Crippen molar-refractivity contribution in [3.05, 3.63) is 46.9 Å². The minimum Gasteiger partial charge on any atom is -0.492 e. The van der Waals surface area contributed by atoms with E-state index in [1.54, 1.807) is 6.07 Å². The highest BCUT2D eigenvalue weighted by Crippen LogP contribution is 2.44. The van der Waals surface area contributed by atoms with Gasteiger partial charge < -0.3 is 19.6 Å². The molecule has 0 saturated heterocycles. The third kappa shape index (κ3) is 3.42. The summed E-state index contributed by atoms with van der Waals surface area (Å²) >= 11 is 0. The van der Waals surface area contributed by atoms with Crippen molar-refractivity contribution in [3.8, 4) is 5.75 Å². The Morgan fingerprint density at radius 2 is 2.12 bits per heavy atom. The van der Waals surface area contributed by atoms with Crippen molar-refractivity contribution < 1.29 is 19.1 Å². The average molecular weight is 343 g/mol. The predicted octanol–water partition coefficient (Wildman–Crippen LogP) is 4.24. The molecule has 5 nitrogen and oxygen atoms in total. The number of nitrogens with one attached hydrogen (secondary N) is 1. The zero-order valence-electron chi connectivity index (χ0n) is 15.2. The highest BCUT2D eigenvalue weighted by Gasteiger charge is 2.37. The van der Waals surface area contributed by atoms with Crippen LogP contribution in [0.1, 0.15) is 60.7 Å². The average Bonchev–Trinajstić information content (AvgIpc) is 2.85. The molecule has 0 saturated carbocycles. The summed E-state index contributed by atoms with van der Waals surface area (Å²) in [6, 6.07) is 7.30. The van der Waals surface area contributed by atoms with Crippen molar-refractivity contribution in [2.75, 3.05) is 11.9 Å². The van der Waals surface area contributed by atoms with Crippen molar-refractivity contribution in [3.63, 3.8) is 0 Å². The summed E-state index contributed by atoms with van der Waals surface area (Å²) in [6.07, 6.45) is 0.775. The van der Waals surface area contributed by atoms with E-state index in [1.807, 2.05) is 32.0 Å².